The van der Waals surface area contributed by atoms with Crippen molar-refractivity contribution in [1.29, 1.82) is 0 Å². The van der Waals surface area contributed by atoms with Crippen LogP contribution in [0.25, 0.3) is 27.9 Å². The van der Waals surface area contributed by atoms with E-state index in [9.17, 15) is 4.79 Å². The highest BCUT2D eigenvalue weighted by atomic mass is 35.5. The van der Waals surface area contributed by atoms with Crippen LogP contribution in [0.1, 0.15) is 12.6 Å². The number of fused-ring (bicyclic) bond motifs is 2. The van der Waals surface area contributed by atoms with Crippen molar-refractivity contribution in [3.8, 4) is 5.82 Å². The Morgan fingerprint density at radius 3 is 2.62 bits per heavy atom. The fraction of sp³-hybridized carbons (Fsp3) is 0.345. The SMILES string of the molecule is C=CCn1c(=O)c2cnc(Nc3ccc(N4CCN(C)CC4)cc3)nc2n1-c1ccc2cnn(C3OCCC3Cl)c2n1. The molecule has 5 aromatic rings. The van der Waals surface area contributed by atoms with Gasteiger partial charge in [-0.05, 0) is 49.9 Å². The molecule has 0 saturated carbocycles. The van der Waals surface area contributed by atoms with E-state index in [0.29, 0.717) is 35.1 Å². The van der Waals surface area contributed by atoms with Gasteiger partial charge >= 0.3 is 0 Å². The number of nitrogens with one attached hydrogen (secondary N) is 1. The first-order valence-corrected chi connectivity index (χ1v) is 14.4. The molecular weight excluding hydrogens is 556 g/mol. The van der Waals surface area contributed by atoms with Gasteiger partial charge in [-0.25, -0.2) is 24.0 Å². The Balaban J connectivity index is 1.25. The molecule has 1 N–H and O–H groups in total. The predicted molar refractivity (Wildman–Crippen MR) is 163 cm³/mol. The highest BCUT2D eigenvalue weighted by molar-refractivity contribution is 6.21. The third-order valence-electron chi connectivity index (χ3n) is 7.85. The number of piperazine rings is 1. The molecule has 0 amide bonds. The fourth-order valence-corrected chi connectivity index (χ4v) is 5.82. The predicted octanol–water partition coefficient (Wildman–Crippen LogP) is 3.53. The van der Waals surface area contributed by atoms with E-state index in [4.69, 9.17) is 26.3 Å². The quantitative estimate of drug-likeness (QED) is 0.226. The number of aromatic nitrogens is 7. The van der Waals surface area contributed by atoms with Gasteiger partial charge in [-0.2, -0.15) is 10.1 Å². The number of hydrogen-bond acceptors (Lipinski definition) is 9. The minimum Gasteiger partial charge on any atom is -0.369 e. The van der Waals surface area contributed by atoms with E-state index in [2.05, 4.69) is 51.0 Å². The van der Waals surface area contributed by atoms with Gasteiger partial charge in [-0.1, -0.05) is 6.08 Å². The van der Waals surface area contributed by atoms with Crippen LogP contribution >= 0.6 is 11.6 Å². The maximum absolute atomic E-state index is 13.4. The van der Waals surface area contributed by atoms with Gasteiger partial charge in [-0.15, -0.1) is 18.2 Å². The molecule has 7 rings (SSSR count). The number of likely N-dealkylation sites (N-methyl/N-ethyl adjacent to an activating group) is 1. The van der Waals surface area contributed by atoms with Gasteiger partial charge in [-0.3, -0.25) is 4.79 Å². The number of alkyl halides is 1. The lowest BCUT2D eigenvalue weighted by Crippen LogP contribution is -2.44. The van der Waals surface area contributed by atoms with Crippen molar-refractivity contribution in [2.24, 2.45) is 0 Å². The molecule has 0 aliphatic carbocycles. The first kappa shape index (κ1) is 26.6. The monoisotopic (exact) mass is 586 g/mol. The molecule has 2 aliphatic heterocycles. The number of benzene rings is 1. The first-order chi connectivity index (χ1) is 20.5. The molecule has 0 bridgehead atoms. The molecule has 2 fully saturated rings. The van der Waals surface area contributed by atoms with Crippen LogP contribution in [0.5, 0.6) is 0 Å². The summed E-state index contributed by atoms with van der Waals surface area (Å²) < 4.78 is 10.8. The normalized spacial score (nSPS) is 19.6. The number of ether oxygens (including phenoxy) is 1. The van der Waals surface area contributed by atoms with Crippen LogP contribution in [-0.4, -0.2) is 84.2 Å². The Morgan fingerprint density at radius 1 is 1.07 bits per heavy atom. The van der Waals surface area contributed by atoms with Crippen LogP contribution in [-0.2, 0) is 11.3 Å². The van der Waals surface area contributed by atoms with E-state index in [1.165, 1.54) is 5.69 Å². The maximum Gasteiger partial charge on any atom is 0.278 e. The molecule has 1 aromatic carbocycles. The van der Waals surface area contributed by atoms with Gasteiger partial charge < -0.3 is 19.9 Å². The highest BCUT2D eigenvalue weighted by Crippen LogP contribution is 2.31. The van der Waals surface area contributed by atoms with Gasteiger partial charge in [0.25, 0.3) is 5.56 Å². The smallest absolute Gasteiger partial charge is 0.278 e. The molecule has 42 heavy (non-hydrogen) atoms. The molecule has 2 saturated heterocycles. The van der Waals surface area contributed by atoms with Gasteiger partial charge in [0.05, 0.1) is 24.7 Å². The second-order valence-corrected chi connectivity index (χ2v) is 11.2. The zero-order valence-corrected chi connectivity index (χ0v) is 24.0. The molecule has 2 unspecified atom stereocenters. The Bertz CT molecular complexity index is 1820. The minimum absolute atomic E-state index is 0.207. The van der Waals surface area contributed by atoms with Gasteiger partial charge in [0.1, 0.15) is 5.39 Å². The molecular formula is C29H31ClN10O2. The molecule has 6 heterocycles. The lowest BCUT2D eigenvalue weighted by atomic mass is 10.2. The van der Waals surface area contributed by atoms with Crippen LogP contribution < -0.4 is 15.8 Å². The third kappa shape index (κ3) is 4.71. The number of pyridine rings is 1. The summed E-state index contributed by atoms with van der Waals surface area (Å²) in [6.45, 7) is 8.77. The topological polar surface area (TPSA) is 111 Å². The van der Waals surface area contributed by atoms with E-state index in [1.54, 1.807) is 32.5 Å². The number of halogens is 1. The maximum atomic E-state index is 13.4. The summed E-state index contributed by atoms with van der Waals surface area (Å²) in [6.07, 6.45) is 5.28. The number of rotatable bonds is 7. The van der Waals surface area contributed by atoms with E-state index >= 15 is 0 Å². The Labute approximate surface area is 246 Å². The van der Waals surface area contributed by atoms with E-state index < -0.39 is 6.23 Å². The number of allylic oxidation sites excluding steroid dienone is 1. The third-order valence-corrected chi connectivity index (χ3v) is 8.28. The summed E-state index contributed by atoms with van der Waals surface area (Å²) in [5.74, 6) is 0.873. The average molecular weight is 587 g/mol. The summed E-state index contributed by atoms with van der Waals surface area (Å²) in [4.78, 5) is 32.3. The van der Waals surface area contributed by atoms with Crippen molar-refractivity contribution in [3.05, 3.63) is 71.8 Å². The molecule has 13 heteroatoms. The van der Waals surface area contributed by atoms with E-state index in [1.807, 2.05) is 24.3 Å². The standard InChI is InChI=1S/C29H31ClN10O2/c1-3-11-38-27(41)22-18-31-29(33-20-5-7-21(8-6-20)37-14-12-36(2)13-15-37)35-26(22)40(38)24-9-4-19-17-32-39(25(19)34-24)28-23(30)10-16-42-28/h3-9,17-18,23,28H,1,10-16H2,2H3,(H,31,33,35). The number of anilines is 3. The zero-order chi connectivity index (χ0) is 28.8. The highest BCUT2D eigenvalue weighted by Gasteiger charge is 2.30. The molecule has 0 spiro atoms. The van der Waals surface area contributed by atoms with Crippen LogP contribution in [0.4, 0.5) is 17.3 Å². The summed E-state index contributed by atoms with van der Waals surface area (Å²) >= 11 is 6.51. The minimum atomic E-state index is -0.413. The summed E-state index contributed by atoms with van der Waals surface area (Å²) in [7, 11) is 2.15. The van der Waals surface area contributed by atoms with Crippen LogP contribution in [0.15, 0.2) is 66.2 Å². The Kier molecular flexibility index (Phi) is 6.88. The molecule has 12 nitrogen and oxygen atoms in total. The molecule has 2 atom stereocenters. The van der Waals surface area contributed by atoms with Crippen molar-refractivity contribution in [3.63, 3.8) is 0 Å². The fourth-order valence-electron chi connectivity index (χ4n) is 5.55. The first-order valence-electron chi connectivity index (χ1n) is 14.0. The number of hydrogen-bond donors (Lipinski definition) is 1. The summed E-state index contributed by atoms with van der Waals surface area (Å²) in [5, 5.41) is 8.80. The Morgan fingerprint density at radius 2 is 1.88 bits per heavy atom. The zero-order valence-electron chi connectivity index (χ0n) is 23.2. The van der Waals surface area contributed by atoms with Crippen LogP contribution in [0.2, 0.25) is 0 Å². The average Bonchev–Trinajstić information content (AvgIpc) is 3.69. The molecule has 216 valence electrons. The molecule has 4 aromatic heterocycles. The van der Waals surface area contributed by atoms with Crippen LogP contribution in [0, 0.1) is 0 Å². The van der Waals surface area contributed by atoms with Crippen molar-refractivity contribution in [2.75, 3.05) is 50.1 Å². The van der Waals surface area contributed by atoms with Crippen molar-refractivity contribution in [2.45, 2.75) is 24.6 Å². The number of nitrogens with zero attached hydrogens (tertiary/aromatic N) is 9. The largest absolute Gasteiger partial charge is 0.369 e. The van der Waals surface area contributed by atoms with Gasteiger partial charge in [0, 0.05) is 49.1 Å². The van der Waals surface area contributed by atoms with Crippen molar-refractivity contribution < 1.29 is 4.74 Å². The lowest BCUT2D eigenvalue weighted by molar-refractivity contribution is 0.0515. The van der Waals surface area contributed by atoms with E-state index in [-0.39, 0.29) is 17.5 Å². The summed E-state index contributed by atoms with van der Waals surface area (Å²) in [6, 6.07) is 12.0. The Hall–Kier alpha value is -4.26. The van der Waals surface area contributed by atoms with Crippen molar-refractivity contribution >= 4 is 51.0 Å². The van der Waals surface area contributed by atoms with Gasteiger partial charge in [0.2, 0.25) is 5.95 Å². The van der Waals surface area contributed by atoms with Crippen LogP contribution in [0.3, 0.4) is 0 Å². The summed E-state index contributed by atoms with van der Waals surface area (Å²) in [5.41, 5.74) is 2.84. The second-order valence-electron chi connectivity index (χ2n) is 10.6. The van der Waals surface area contributed by atoms with Crippen molar-refractivity contribution in [1.82, 2.24) is 39.0 Å². The van der Waals surface area contributed by atoms with Gasteiger partial charge in [0.15, 0.2) is 23.3 Å². The molecule has 2 aliphatic rings. The van der Waals surface area contributed by atoms with E-state index in [0.717, 1.165) is 43.7 Å². The molecule has 0 radical (unpaired) electrons. The lowest BCUT2D eigenvalue weighted by Gasteiger charge is -2.34. The second kappa shape index (κ2) is 10.9.